The molecule has 0 fully saturated rings. The first-order valence-electron chi connectivity index (χ1n) is 7.18. The summed E-state index contributed by atoms with van der Waals surface area (Å²) in [5, 5.41) is 0. The largest absolute Gasteiger partial charge is 0.493 e. The van der Waals surface area contributed by atoms with E-state index < -0.39 is 0 Å². The van der Waals surface area contributed by atoms with E-state index in [1.165, 1.54) is 0 Å². The highest BCUT2D eigenvalue weighted by atomic mass is 16.5. The van der Waals surface area contributed by atoms with Crippen molar-refractivity contribution >= 4 is 11.9 Å². The van der Waals surface area contributed by atoms with Gasteiger partial charge in [-0.25, -0.2) is 0 Å². The molecule has 0 aliphatic carbocycles. The molecule has 0 atom stereocenters. The van der Waals surface area contributed by atoms with Gasteiger partial charge >= 0.3 is 0 Å². The van der Waals surface area contributed by atoms with Crippen LogP contribution in [0.4, 0.5) is 0 Å². The van der Waals surface area contributed by atoms with Crippen molar-refractivity contribution in [3.05, 3.63) is 65.2 Å². The minimum absolute atomic E-state index is 0.000291. The molecule has 0 aromatic heterocycles. The van der Waals surface area contributed by atoms with E-state index in [1.54, 1.807) is 26.2 Å². The zero-order valence-electron chi connectivity index (χ0n) is 13.1. The highest BCUT2D eigenvalue weighted by Crippen LogP contribution is 2.35. The molecule has 0 saturated heterocycles. The van der Waals surface area contributed by atoms with E-state index >= 15 is 0 Å². The van der Waals surface area contributed by atoms with Crippen LogP contribution in [0.3, 0.4) is 0 Å². The Morgan fingerprint density at radius 1 is 1.14 bits per heavy atom. The Balaban J connectivity index is 2.42. The molecule has 2 rings (SSSR count). The van der Waals surface area contributed by atoms with Crippen LogP contribution in [0.2, 0.25) is 0 Å². The van der Waals surface area contributed by atoms with E-state index in [1.807, 2.05) is 49.4 Å². The second kappa shape index (κ2) is 7.46. The number of carbonyl (C=O) groups excluding carboxylic acids is 1. The van der Waals surface area contributed by atoms with Crippen LogP contribution in [-0.2, 0) is 6.61 Å². The van der Waals surface area contributed by atoms with E-state index in [4.69, 9.17) is 9.47 Å². The van der Waals surface area contributed by atoms with Gasteiger partial charge in [-0.05, 0) is 31.5 Å². The van der Waals surface area contributed by atoms with Crippen LogP contribution in [0.5, 0.6) is 11.5 Å². The van der Waals surface area contributed by atoms with Gasteiger partial charge in [0.25, 0.3) is 0 Å². The highest BCUT2D eigenvalue weighted by Gasteiger charge is 2.16. The molecule has 3 heteroatoms. The molecule has 0 amide bonds. The summed E-state index contributed by atoms with van der Waals surface area (Å²) in [7, 11) is 1.59. The summed E-state index contributed by atoms with van der Waals surface area (Å²) >= 11 is 0. The number of methoxy groups -OCH3 is 1. The van der Waals surface area contributed by atoms with Crippen LogP contribution < -0.4 is 9.47 Å². The first-order valence-corrected chi connectivity index (χ1v) is 7.18. The zero-order chi connectivity index (χ0) is 15.9. The van der Waals surface area contributed by atoms with Crippen molar-refractivity contribution in [1.29, 1.82) is 0 Å². The minimum atomic E-state index is 0.000291. The van der Waals surface area contributed by atoms with Crippen molar-refractivity contribution in [1.82, 2.24) is 0 Å². The topological polar surface area (TPSA) is 35.5 Å². The highest BCUT2D eigenvalue weighted by molar-refractivity contribution is 5.99. The van der Waals surface area contributed by atoms with Gasteiger partial charge in [0, 0.05) is 11.1 Å². The standard InChI is InChI=1S/C19H20O3/c1-4-8-17-16(14(2)20)11-12-18(21-3)19(17)22-13-15-9-6-5-7-10-15/h4-12H,13H2,1-3H3/b8-4+. The predicted octanol–water partition coefficient (Wildman–Crippen LogP) is 4.51. The second-order valence-corrected chi connectivity index (χ2v) is 4.89. The molecule has 3 nitrogen and oxygen atoms in total. The fourth-order valence-corrected chi connectivity index (χ4v) is 2.26. The first kappa shape index (κ1) is 15.8. The molecular weight excluding hydrogens is 276 g/mol. The van der Waals surface area contributed by atoms with Crippen molar-refractivity contribution in [2.75, 3.05) is 7.11 Å². The lowest BCUT2D eigenvalue weighted by Gasteiger charge is -2.16. The van der Waals surface area contributed by atoms with Gasteiger partial charge in [0.05, 0.1) is 7.11 Å². The number of carbonyl (C=O) groups is 1. The number of ether oxygens (including phenoxy) is 2. The molecule has 0 bridgehead atoms. The first-order chi connectivity index (χ1) is 10.7. The predicted molar refractivity (Wildman–Crippen MR) is 88.5 cm³/mol. The molecule has 0 spiro atoms. The fraction of sp³-hybridized carbons (Fsp3) is 0.211. The maximum Gasteiger partial charge on any atom is 0.169 e. The molecule has 0 saturated carbocycles. The van der Waals surface area contributed by atoms with Crippen LogP contribution >= 0.6 is 0 Å². The number of hydrogen-bond donors (Lipinski definition) is 0. The van der Waals surface area contributed by atoms with E-state index in [2.05, 4.69) is 0 Å². The van der Waals surface area contributed by atoms with Crippen molar-refractivity contribution in [2.45, 2.75) is 20.5 Å². The molecule has 2 aromatic rings. The minimum Gasteiger partial charge on any atom is -0.493 e. The van der Waals surface area contributed by atoms with Crippen molar-refractivity contribution in [3.63, 3.8) is 0 Å². The van der Waals surface area contributed by atoms with Gasteiger partial charge in [-0.2, -0.15) is 0 Å². The SMILES string of the molecule is C/C=C/c1c(C(C)=O)ccc(OC)c1OCc1ccccc1. The van der Waals surface area contributed by atoms with Gasteiger partial charge in [0.15, 0.2) is 17.3 Å². The Morgan fingerprint density at radius 2 is 1.86 bits per heavy atom. The molecule has 0 aliphatic heterocycles. The Hall–Kier alpha value is -2.55. The van der Waals surface area contributed by atoms with Gasteiger partial charge in [0.2, 0.25) is 0 Å². The summed E-state index contributed by atoms with van der Waals surface area (Å²) in [6.07, 6.45) is 3.76. The van der Waals surface area contributed by atoms with Gasteiger partial charge in [0.1, 0.15) is 6.61 Å². The molecule has 0 unspecified atom stereocenters. The van der Waals surface area contributed by atoms with Crippen LogP contribution in [0.1, 0.15) is 35.3 Å². The third-order valence-electron chi connectivity index (χ3n) is 3.32. The van der Waals surface area contributed by atoms with E-state index in [-0.39, 0.29) is 5.78 Å². The monoisotopic (exact) mass is 296 g/mol. The van der Waals surface area contributed by atoms with Crippen molar-refractivity contribution < 1.29 is 14.3 Å². The number of Topliss-reactive ketones (excluding diaryl/α,β-unsaturated/α-hetero) is 1. The maximum atomic E-state index is 11.8. The average Bonchev–Trinajstić information content (AvgIpc) is 2.54. The number of benzene rings is 2. The van der Waals surface area contributed by atoms with E-state index in [0.717, 1.165) is 11.1 Å². The quantitative estimate of drug-likeness (QED) is 0.736. The summed E-state index contributed by atoms with van der Waals surface area (Å²) in [6, 6.07) is 13.4. The van der Waals surface area contributed by atoms with Gasteiger partial charge in [-0.1, -0.05) is 42.5 Å². The zero-order valence-corrected chi connectivity index (χ0v) is 13.1. The second-order valence-electron chi connectivity index (χ2n) is 4.89. The maximum absolute atomic E-state index is 11.8. The lowest BCUT2D eigenvalue weighted by molar-refractivity contribution is 0.101. The molecule has 0 radical (unpaired) electrons. The van der Waals surface area contributed by atoms with Crippen molar-refractivity contribution in [3.8, 4) is 11.5 Å². The van der Waals surface area contributed by atoms with Gasteiger partial charge in [-0.15, -0.1) is 0 Å². The molecule has 0 N–H and O–H groups in total. The number of rotatable bonds is 6. The third kappa shape index (κ3) is 3.55. The molecule has 0 aliphatic rings. The van der Waals surface area contributed by atoms with Crippen LogP contribution in [-0.4, -0.2) is 12.9 Å². The Bertz CT molecular complexity index is 673. The molecule has 0 heterocycles. The Kier molecular flexibility index (Phi) is 5.37. The molecule has 114 valence electrons. The summed E-state index contributed by atoms with van der Waals surface area (Å²) in [6.45, 7) is 3.88. The smallest absolute Gasteiger partial charge is 0.169 e. The summed E-state index contributed by atoms with van der Waals surface area (Å²) in [5.74, 6) is 1.21. The Morgan fingerprint density at radius 3 is 2.45 bits per heavy atom. The number of allylic oxidation sites excluding steroid dienone is 1. The molecule has 22 heavy (non-hydrogen) atoms. The van der Waals surface area contributed by atoms with Crippen molar-refractivity contribution in [2.24, 2.45) is 0 Å². The average molecular weight is 296 g/mol. The lowest BCUT2D eigenvalue weighted by atomic mass is 10.0. The summed E-state index contributed by atoms with van der Waals surface area (Å²) < 4.78 is 11.3. The molecular formula is C19H20O3. The van der Waals surface area contributed by atoms with Crippen LogP contribution in [0, 0.1) is 0 Å². The normalized spacial score (nSPS) is 10.7. The van der Waals surface area contributed by atoms with E-state index in [0.29, 0.717) is 23.7 Å². The number of ketones is 1. The van der Waals surface area contributed by atoms with Gasteiger partial charge in [-0.3, -0.25) is 4.79 Å². The fourth-order valence-electron chi connectivity index (χ4n) is 2.26. The summed E-state index contributed by atoms with van der Waals surface area (Å²) in [5.41, 5.74) is 2.44. The van der Waals surface area contributed by atoms with E-state index in [9.17, 15) is 4.79 Å². The third-order valence-corrected chi connectivity index (χ3v) is 3.32. The number of hydrogen-bond acceptors (Lipinski definition) is 3. The van der Waals surface area contributed by atoms with Gasteiger partial charge < -0.3 is 9.47 Å². The van der Waals surface area contributed by atoms with Crippen LogP contribution in [0.25, 0.3) is 6.08 Å². The summed E-state index contributed by atoms with van der Waals surface area (Å²) in [4.78, 5) is 11.8. The lowest BCUT2D eigenvalue weighted by Crippen LogP contribution is -2.04. The Labute approximate surface area is 131 Å². The van der Waals surface area contributed by atoms with Crippen LogP contribution in [0.15, 0.2) is 48.5 Å². The molecule has 2 aromatic carbocycles.